The minimum Gasteiger partial charge on any atom is -0.481 e. The average molecular weight is 345 g/mol. The summed E-state index contributed by atoms with van der Waals surface area (Å²) in [6.07, 6.45) is 9.21. The van der Waals surface area contributed by atoms with Crippen LogP contribution in [0, 0.1) is 11.3 Å². The number of aromatic nitrogens is 2. The Morgan fingerprint density at radius 2 is 2.00 bits per heavy atom. The van der Waals surface area contributed by atoms with E-state index in [1.165, 1.54) is 0 Å². The number of carboxylic acids is 1. The predicted molar refractivity (Wildman–Crippen MR) is 90.2 cm³/mol. The van der Waals surface area contributed by atoms with Gasteiger partial charge in [-0.3, -0.25) is 9.78 Å². The number of rotatable bonds is 3. The van der Waals surface area contributed by atoms with Gasteiger partial charge in [-0.2, -0.15) is 0 Å². The lowest BCUT2D eigenvalue weighted by Crippen LogP contribution is -2.46. The maximum Gasteiger partial charge on any atom is 0.317 e. The van der Waals surface area contributed by atoms with Gasteiger partial charge in [0.2, 0.25) is 0 Å². The highest BCUT2D eigenvalue weighted by atomic mass is 16.4. The lowest BCUT2D eigenvalue weighted by atomic mass is 9.81. The van der Waals surface area contributed by atoms with Crippen LogP contribution < -0.4 is 10.2 Å². The summed E-state index contributed by atoms with van der Waals surface area (Å²) in [6.45, 7) is 1.67. The number of amides is 2. The third-order valence-electron chi connectivity index (χ3n) is 5.88. The van der Waals surface area contributed by atoms with Gasteiger partial charge in [0.15, 0.2) is 0 Å². The van der Waals surface area contributed by atoms with Crippen LogP contribution in [0.25, 0.3) is 0 Å². The molecule has 8 nitrogen and oxygen atoms in total. The Balaban J connectivity index is 1.47. The van der Waals surface area contributed by atoms with E-state index < -0.39 is 11.4 Å². The predicted octanol–water partition coefficient (Wildman–Crippen LogP) is 0.952. The molecule has 134 valence electrons. The van der Waals surface area contributed by atoms with Gasteiger partial charge in [-0.1, -0.05) is 12.8 Å². The molecule has 1 aromatic rings. The molecule has 2 N–H and O–H groups in total. The molecule has 2 saturated heterocycles. The first-order valence-corrected chi connectivity index (χ1v) is 8.88. The number of carbonyl (C=O) groups excluding carboxylic acids is 1. The molecule has 8 heteroatoms. The molecule has 25 heavy (non-hydrogen) atoms. The first-order chi connectivity index (χ1) is 12.1. The van der Waals surface area contributed by atoms with Crippen LogP contribution in [0.1, 0.15) is 25.7 Å². The Morgan fingerprint density at radius 3 is 2.64 bits per heavy atom. The van der Waals surface area contributed by atoms with E-state index in [4.69, 9.17) is 0 Å². The Bertz CT molecular complexity index is 664. The number of nitrogens with one attached hydrogen (secondary N) is 1. The molecule has 0 aromatic carbocycles. The number of urea groups is 1. The van der Waals surface area contributed by atoms with Crippen molar-refractivity contribution >= 4 is 17.8 Å². The van der Waals surface area contributed by atoms with Crippen LogP contribution in [0.15, 0.2) is 18.6 Å². The summed E-state index contributed by atoms with van der Waals surface area (Å²) in [6, 6.07) is 0.123. The normalized spacial score (nSPS) is 29.0. The van der Waals surface area contributed by atoms with E-state index in [0.717, 1.165) is 25.7 Å². The van der Waals surface area contributed by atoms with Crippen molar-refractivity contribution in [2.45, 2.75) is 31.7 Å². The summed E-state index contributed by atoms with van der Waals surface area (Å²) >= 11 is 0. The van der Waals surface area contributed by atoms with Crippen molar-refractivity contribution in [3.63, 3.8) is 0 Å². The molecule has 1 aromatic heterocycles. The Kier molecular flexibility index (Phi) is 3.97. The Hall–Kier alpha value is -2.38. The molecule has 0 bridgehead atoms. The topological polar surface area (TPSA) is 98.7 Å². The van der Waals surface area contributed by atoms with Crippen LogP contribution in [0.3, 0.4) is 0 Å². The first kappa shape index (κ1) is 16.1. The summed E-state index contributed by atoms with van der Waals surface area (Å²) in [5, 5.41) is 13.0. The van der Waals surface area contributed by atoms with Gasteiger partial charge in [-0.25, -0.2) is 9.78 Å². The van der Waals surface area contributed by atoms with Crippen molar-refractivity contribution in [1.29, 1.82) is 0 Å². The highest BCUT2D eigenvalue weighted by Crippen LogP contribution is 2.43. The largest absolute Gasteiger partial charge is 0.481 e. The monoisotopic (exact) mass is 345 g/mol. The van der Waals surface area contributed by atoms with Gasteiger partial charge < -0.3 is 20.2 Å². The van der Waals surface area contributed by atoms with E-state index in [2.05, 4.69) is 15.3 Å². The molecule has 0 spiro atoms. The maximum absolute atomic E-state index is 12.5. The smallest absolute Gasteiger partial charge is 0.317 e. The molecule has 3 aliphatic rings. The Labute approximate surface area is 146 Å². The summed E-state index contributed by atoms with van der Waals surface area (Å²) in [7, 11) is 0. The molecule has 3 fully saturated rings. The van der Waals surface area contributed by atoms with Crippen LogP contribution in [0.4, 0.5) is 10.6 Å². The zero-order valence-electron chi connectivity index (χ0n) is 14.1. The second-order valence-electron chi connectivity index (χ2n) is 7.41. The summed E-state index contributed by atoms with van der Waals surface area (Å²) in [4.78, 5) is 36.6. The number of likely N-dealkylation sites (tertiary alicyclic amines) is 1. The molecular formula is C17H23N5O3. The van der Waals surface area contributed by atoms with Crippen molar-refractivity contribution < 1.29 is 14.7 Å². The molecule has 0 unspecified atom stereocenters. The van der Waals surface area contributed by atoms with Gasteiger partial charge in [0, 0.05) is 50.5 Å². The van der Waals surface area contributed by atoms with Crippen LogP contribution in [-0.4, -0.2) is 64.2 Å². The van der Waals surface area contributed by atoms with Gasteiger partial charge >= 0.3 is 12.0 Å². The summed E-state index contributed by atoms with van der Waals surface area (Å²) in [5.41, 5.74) is -0.926. The van der Waals surface area contributed by atoms with E-state index in [1.54, 1.807) is 23.5 Å². The number of fused-ring (bicyclic) bond motifs is 1. The van der Waals surface area contributed by atoms with Crippen molar-refractivity contribution in [2.24, 2.45) is 11.3 Å². The number of nitrogens with zero attached hydrogens (tertiary/aromatic N) is 4. The SMILES string of the molecule is O=C(NC1CCCC1)N1C[C@H]2CN(c3cnccn3)C[C@@]2(C(=O)O)C1. The van der Waals surface area contributed by atoms with Gasteiger partial charge in [0.1, 0.15) is 11.2 Å². The fourth-order valence-corrected chi connectivity index (χ4v) is 4.49. The van der Waals surface area contributed by atoms with Crippen molar-refractivity contribution in [1.82, 2.24) is 20.2 Å². The minimum absolute atomic E-state index is 0.0960. The quantitative estimate of drug-likeness (QED) is 0.846. The van der Waals surface area contributed by atoms with E-state index >= 15 is 0 Å². The van der Waals surface area contributed by atoms with E-state index in [-0.39, 0.29) is 24.5 Å². The fraction of sp³-hybridized carbons (Fsp3) is 0.647. The van der Waals surface area contributed by atoms with Crippen molar-refractivity contribution in [2.75, 3.05) is 31.1 Å². The zero-order valence-corrected chi connectivity index (χ0v) is 14.1. The highest BCUT2D eigenvalue weighted by molar-refractivity contribution is 5.82. The molecule has 0 radical (unpaired) electrons. The van der Waals surface area contributed by atoms with Gasteiger partial charge in [0.05, 0.1) is 6.20 Å². The number of carboxylic acid groups (broad SMARTS) is 1. The molecular weight excluding hydrogens is 322 g/mol. The van der Waals surface area contributed by atoms with Gasteiger partial charge in [-0.15, -0.1) is 0 Å². The molecule has 1 saturated carbocycles. The van der Waals surface area contributed by atoms with E-state index in [0.29, 0.717) is 25.5 Å². The van der Waals surface area contributed by atoms with Gasteiger partial charge in [-0.05, 0) is 12.8 Å². The number of hydrogen-bond donors (Lipinski definition) is 2. The second kappa shape index (κ2) is 6.16. The van der Waals surface area contributed by atoms with Crippen LogP contribution in [-0.2, 0) is 4.79 Å². The number of aliphatic carboxylic acids is 1. The fourth-order valence-electron chi connectivity index (χ4n) is 4.49. The highest BCUT2D eigenvalue weighted by Gasteiger charge is 2.59. The van der Waals surface area contributed by atoms with E-state index in [9.17, 15) is 14.7 Å². The van der Waals surface area contributed by atoms with Crippen LogP contribution in [0.2, 0.25) is 0 Å². The third-order valence-corrected chi connectivity index (χ3v) is 5.88. The zero-order chi connectivity index (χ0) is 17.4. The summed E-state index contributed by atoms with van der Waals surface area (Å²) < 4.78 is 0. The first-order valence-electron chi connectivity index (χ1n) is 8.88. The number of hydrogen-bond acceptors (Lipinski definition) is 5. The molecule has 2 aliphatic heterocycles. The summed E-state index contributed by atoms with van der Waals surface area (Å²) in [5.74, 6) is -0.235. The minimum atomic E-state index is -0.926. The molecule has 2 atom stereocenters. The Morgan fingerprint density at radius 1 is 1.20 bits per heavy atom. The maximum atomic E-state index is 12.5. The van der Waals surface area contributed by atoms with Crippen LogP contribution >= 0.6 is 0 Å². The number of carbonyl (C=O) groups is 2. The second-order valence-corrected chi connectivity index (χ2v) is 7.41. The molecule has 1 aliphatic carbocycles. The van der Waals surface area contributed by atoms with Crippen LogP contribution in [0.5, 0.6) is 0 Å². The lowest BCUT2D eigenvalue weighted by molar-refractivity contribution is -0.148. The lowest BCUT2D eigenvalue weighted by Gasteiger charge is -2.26. The number of anilines is 1. The molecule has 2 amide bonds. The third kappa shape index (κ3) is 2.79. The van der Waals surface area contributed by atoms with E-state index in [1.807, 2.05) is 4.90 Å². The van der Waals surface area contributed by atoms with Crippen molar-refractivity contribution in [3.8, 4) is 0 Å². The average Bonchev–Trinajstić information content (AvgIpc) is 3.29. The van der Waals surface area contributed by atoms with Gasteiger partial charge in [0.25, 0.3) is 0 Å². The van der Waals surface area contributed by atoms with Crippen molar-refractivity contribution in [3.05, 3.63) is 18.6 Å². The molecule has 3 heterocycles. The molecule has 4 rings (SSSR count). The standard InChI is InChI=1S/C17H23N5O3/c23-15(24)17-10-21(14-7-18-5-6-19-14)8-12(17)9-22(11-17)16(25)20-13-3-1-2-4-13/h5-7,12-13H,1-4,8-11H2,(H,20,25)(H,23,24)/t12-,17-/m1/s1.